The number of benzene rings is 2. The molecule has 0 atom stereocenters. The number of carbonyl (C=O) groups excluding carboxylic acids is 1. The van der Waals surface area contributed by atoms with Gasteiger partial charge in [-0.1, -0.05) is 23.9 Å². The highest BCUT2D eigenvalue weighted by atomic mass is 32.2. The number of amides is 1. The van der Waals surface area contributed by atoms with Crippen molar-refractivity contribution in [2.24, 2.45) is 7.05 Å². The number of hydrogen-bond donors (Lipinski definition) is 1. The van der Waals surface area contributed by atoms with Crippen molar-refractivity contribution in [2.75, 3.05) is 11.1 Å². The van der Waals surface area contributed by atoms with Crippen LogP contribution in [0.3, 0.4) is 0 Å². The number of halogens is 3. The monoisotopic (exact) mass is 378 g/mol. The molecular formula is C17H13F3N4OS. The van der Waals surface area contributed by atoms with Gasteiger partial charge in [0.2, 0.25) is 5.91 Å². The average molecular weight is 378 g/mol. The van der Waals surface area contributed by atoms with E-state index in [1.807, 2.05) is 0 Å². The molecule has 134 valence electrons. The summed E-state index contributed by atoms with van der Waals surface area (Å²) in [5, 5.41) is 10.7. The van der Waals surface area contributed by atoms with E-state index in [0.717, 1.165) is 30.0 Å². The third-order valence-electron chi connectivity index (χ3n) is 3.45. The van der Waals surface area contributed by atoms with Crippen molar-refractivity contribution >= 4 is 23.4 Å². The summed E-state index contributed by atoms with van der Waals surface area (Å²) in [6.07, 6.45) is 0. The third-order valence-corrected chi connectivity index (χ3v) is 4.47. The lowest BCUT2D eigenvalue weighted by atomic mass is 10.2. The molecule has 1 heterocycles. The Balaban J connectivity index is 1.67. The van der Waals surface area contributed by atoms with Crippen molar-refractivity contribution in [3.05, 3.63) is 59.9 Å². The van der Waals surface area contributed by atoms with E-state index in [4.69, 9.17) is 0 Å². The van der Waals surface area contributed by atoms with Crippen molar-refractivity contribution in [3.8, 4) is 11.4 Å². The molecule has 1 N–H and O–H groups in total. The molecule has 0 unspecified atom stereocenters. The van der Waals surface area contributed by atoms with Crippen LogP contribution >= 0.6 is 11.8 Å². The quantitative estimate of drug-likeness (QED) is 0.689. The molecule has 2 aromatic carbocycles. The lowest BCUT2D eigenvalue weighted by Gasteiger charge is -2.07. The summed E-state index contributed by atoms with van der Waals surface area (Å²) in [5.41, 5.74) is 0.326. The number of nitrogens with zero attached hydrogens (tertiary/aromatic N) is 3. The number of thioether (sulfide) groups is 1. The number of carbonyl (C=O) groups is 1. The Kier molecular flexibility index (Phi) is 5.27. The maximum atomic E-state index is 13.5. The molecular weight excluding hydrogens is 365 g/mol. The molecule has 0 aliphatic carbocycles. The molecule has 0 saturated carbocycles. The Morgan fingerprint density at radius 3 is 2.65 bits per heavy atom. The number of nitrogens with one attached hydrogen (secondary N) is 1. The number of rotatable bonds is 5. The highest BCUT2D eigenvalue weighted by Crippen LogP contribution is 2.23. The van der Waals surface area contributed by atoms with Gasteiger partial charge >= 0.3 is 0 Å². The molecule has 0 aliphatic heterocycles. The van der Waals surface area contributed by atoms with E-state index < -0.39 is 23.4 Å². The summed E-state index contributed by atoms with van der Waals surface area (Å²) in [4.78, 5) is 12.0. The van der Waals surface area contributed by atoms with Crippen LogP contribution in [-0.2, 0) is 11.8 Å². The standard InChI is InChI=1S/C17H13F3N4OS/c1-24-16(10-3-2-4-11(18)7-10)22-23-17(24)26-9-15(25)21-14-8-12(19)5-6-13(14)20/h2-8H,9H2,1H3,(H,21,25). The summed E-state index contributed by atoms with van der Waals surface area (Å²) in [5.74, 6) is -1.92. The predicted octanol–water partition coefficient (Wildman–Crippen LogP) is 3.63. The van der Waals surface area contributed by atoms with Gasteiger partial charge in [0.1, 0.15) is 17.5 Å². The van der Waals surface area contributed by atoms with Crippen molar-refractivity contribution in [1.29, 1.82) is 0 Å². The summed E-state index contributed by atoms with van der Waals surface area (Å²) in [6, 6.07) is 8.72. The van der Waals surface area contributed by atoms with Gasteiger partial charge < -0.3 is 9.88 Å². The summed E-state index contributed by atoms with van der Waals surface area (Å²) in [6.45, 7) is 0. The fraction of sp³-hybridized carbons (Fsp3) is 0.118. The van der Waals surface area contributed by atoms with Gasteiger partial charge in [0.25, 0.3) is 0 Å². The van der Waals surface area contributed by atoms with Crippen LogP contribution in [0.1, 0.15) is 0 Å². The Morgan fingerprint density at radius 2 is 1.88 bits per heavy atom. The topological polar surface area (TPSA) is 59.8 Å². The Morgan fingerprint density at radius 1 is 1.12 bits per heavy atom. The minimum absolute atomic E-state index is 0.0783. The fourth-order valence-corrected chi connectivity index (χ4v) is 2.94. The van der Waals surface area contributed by atoms with Crippen molar-refractivity contribution in [1.82, 2.24) is 14.8 Å². The molecule has 26 heavy (non-hydrogen) atoms. The van der Waals surface area contributed by atoms with E-state index in [1.165, 1.54) is 12.1 Å². The lowest BCUT2D eigenvalue weighted by molar-refractivity contribution is -0.113. The molecule has 3 aromatic rings. The molecule has 0 fully saturated rings. The van der Waals surface area contributed by atoms with Crippen LogP contribution in [-0.4, -0.2) is 26.4 Å². The average Bonchev–Trinajstić information content (AvgIpc) is 2.97. The van der Waals surface area contributed by atoms with Gasteiger partial charge in [-0.15, -0.1) is 10.2 Å². The predicted molar refractivity (Wildman–Crippen MR) is 92.1 cm³/mol. The first-order valence-electron chi connectivity index (χ1n) is 7.47. The normalized spacial score (nSPS) is 10.8. The molecule has 9 heteroatoms. The van der Waals surface area contributed by atoms with Gasteiger partial charge in [-0.3, -0.25) is 4.79 Å². The first-order valence-corrected chi connectivity index (χ1v) is 8.45. The van der Waals surface area contributed by atoms with Crippen molar-refractivity contribution in [2.45, 2.75) is 5.16 Å². The molecule has 1 amide bonds. The van der Waals surface area contributed by atoms with Gasteiger partial charge in [0, 0.05) is 18.7 Å². The first kappa shape index (κ1) is 18.0. The smallest absolute Gasteiger partial charge is 0.234 e. The maximum Gasteiger partial charge on any atom is 0.234 e. The number of aromatic nitrogens is 3. The van der Waals surface area contributed by atoms with Crippen LogP contribution in [0.5, 0.6) is 0 Å². The first-order chi connectivity index (χ1) is 12.4. The van der Waals surface area contributed by atoms with Gasteiger partial charge in [0.05, 0.1) is 11.4 Å². The van der Waals surface area contributed by atoms with Gasteiger partial charge in [0.15, 0.2) is 11.0 Å². The zero-order chi connectivity index (χ0) is 18.7. The number of anilines is 1. The van der Waals surface area contributed by atoms with Crippen LogP contribution < -0.4 is 5.32 Å². The minimum Gasteiger partial charge on any atom is -0.323 e. The summed E-state index contributed by atoms with van der Waals surface area (Å²) in [7, 11) is 1.69. The van der Waals surface area contributed by atoms with E-state index in [2.05, 4.69) is 15.5 Å². The second-order valence-corrected chi connectivity index (χ2v) is 6.28. The molecule has 3 rings (SSSR count). The van der Waals surface area contributed by atoms with Crippen LogP contribution in [0.15, 0.2) is 47.6 Å². The zero-order valence-electron chi connectivity index (χ0n) is 13.5. The maximum absolute atomic E-state index is 13.5. The van der Waals surface area contributed by atoms with Crippen molar-refractivity contribution < 1.29 is 18.0 Å². The van der Waals surface area contributed by atoms with E-state index in [1.54, 1.807) is 23.7 Å². The molecule has 0 aliphatic rings. The molecule has 0 bridgehead atoms. The summed E-state index contributed by atoms with van der Waals surface area (Å²) >= 11 is 1.07. The molecule has 1 aromatic heterocycles. The lowest BCUT2D eigenvalue weighted by Crippen LogP contribution is -2.15. The molecule has 0 saturated heterocycles. The van der Waals surface area contributed by atoms with E-state index in [0.29, 0.717) is 16.5 Å². The number of hydrogen-bond acceptors (Lipinski definition) is 4. The van der Waals surface area contributed by atoms with Crippen LogP contribution in [0.4, 0.5) is 18.9 Å². The van der Waals surface area contributed by atoms with Crippen LogP contribution in [0.2, 0.25) is 0 Å². The van der Waals surface area contributed by atoms with Gasteiger partial charge in [-0.2, -0.15) is 0 Å². The fourth-order valence-electron chi connectivity index (χ4n) is 2.23. The Bertz CT molecular complexity index is 961. The van der Waals surface area contributed by atoms with E-state index >= 15 is 0 Å². The molecule has 0 radical (unpaired) electrons. The van der Waals surface area contributed by atoms with Gasteiger partial charge in [-0.25, -0.2) is 13.2 Å². The molecule has 5 nitrogen and oxygen atoms in total. The zero-order valence-corrected chi connectivity index (χ0v) is 14.4. The Labute approximate surface area is 151 Å². The van der Waals surface area contributed by atoms with Crippen molar-refractivity contribution in [3.63, 3.8) is 0 Å². The SMILES string of the molecule is Cn1c(SCC(=O)Nc2cc(F)ccc2F)nnc1-c1cccc(F)c1. The van der Waals surface area contributed by atoms with Crippen LogP contribution in [0, 0.1) is 17.5 Å². The second-order valence-electron chi connectivity index (χ2n) is 5.34. The van der Waals surface area contributed by atoms with E-state index in [9.17, 15) is 18.0 Å². The Hall–Kier alpha value is -2.81. The second kappa shape index (κ2) is 7.61. The minimum atomic E-state index is -0.725. The highest BCUT2D eigenvalue weighted by Gasteiger charge is 2.14. The van der Waals surface area contributed by atoms with E-state index in [-0.39, 0.29) is 11.4 Å². The van der Waals surface area contributed by atoms with Gasteiger partial charge in [-0.05, 0) is 24.3 Å². The summed E-state index contributed by atoms with van der Waals surface area (Å²) < 4.78 is 41.6. The van der Waals surface area contributed by atoms with Crippen LogP contribution in [0.25, 0.3) is 11.4 Å². The highest BCUT2D eigenvalue weighted by molar-refractivity contribution is 7.99. The third kappa shape index (κ3) is 4.05. The molecule has 0 spiro atoms. The largest absolute Gasteiger partial charge is 0.323 e.